The molecule has 2 unspecified atom stereocenters. The first-order valence-electron chi connectivity index (χ1n) is 7.94. The summed E-state index contributed by atoms with van der Waals surface area (Å²) < 4.78 is 23.8. The van der Waals surface area contributed by atoms with Crippen LogP contribution in [0.4, 0.5) is 0 Å². The van der Waals surface area contributed by atoms with Crippen LogP contribution < -0.4 is 0 Å². The fraction of sp³-hybridized carbons (Fsp3) is 0.529. The van der Waals surface area contributed by atoms with Gasteiger partial charge < -0.3 is 4.90 Å². The molecule has 2 aliphatic rings. The SMILES string of the molecule is CC12CCN(C(=O)CS(=O)(=O)Cc3ccc(C#N)cc3)CC1C2(Cl)Cl. The minimum absolute atomic E-state index is 0.0118. The summed E-state index contributed by atoms with van der Waals surface area (Å²) >= 11 is 12.6. The van der Waals surface area contributed by atoms with Gasteiger partial charge in [0.25, 0.3) is 0 Å². The zero-order valence-corrected chi connectivity index (χ0v) is 16.0. The van der Waals surface area contributed by atoms with Gasteiger partial charge in [0.05, 0.1) is 17.4 Å². The van der Waals surface area contributed by atoms with Gasteiger partial charge in [0, 0.05) is 24.4 Å². The Labute approximate surface area is 157 Å². The van der Waals surface area contributed by atoms with Gasteiger partial charge in [0.2, 0.25) is 5.91 Å². The van der Waals surface area contributed by atoms with E-state index in [-0.39, 0.29) is 17.1 Å². The minimum Gasteiger partial charge on any atom is -0.341 e. The quantitative estimate of drug-likeness (QED) is 0.727. The molecule has 1 aliphatic heterocycles. The number of hydrogen-bond acceptors (Lipinski definition) is 4. The van der Waals surface area contributed by atoms with Gasteiger partial charge in [-0.3, -0.25) is 4.79 Å². The van der Waals surface area contributed by atoms with E-state index in [1.807, 2.05) is 13.0 Å². The van der Waals surface area contributed by atoms with Crippen molar-refractivity contribution in [2.75, 3.05) is 18.8 Å². The number of fused-ring (bicyclic) bond motifs is 1. The maximum Gasteiger partial charge on any atom is 0.237 e. The number of hydrogen-bond donors (Lipinski definition) is 0. The zero-order valence-electron chi connectivity index (χ0n) is 13.7. The summed E-state index contributed by atoms with van der Waals surface area (Å²) in [5.41, 5.74) is 0.832. The van der Waals surface area contributed by atoms with Crippen LogP contribution in [0.1, 0.15) is 24.5 Å². The number of alkyl halides is 2. The Hall–Kier alpha value is -1.29. The molecule has 0 spiro atoms. The molecule has 1 amide bonds. The number of halogens is 2. The molecule has 3 rings (SSSR count). The first kappa shape index (κ1) is 18.5. The van der Waals surface area contributed by atoms with E-state index in [2.05, 4.69) is 0 Å². The van der Waals surface area contributed by atoms with Gasteiger partial charge in [-0.05, 0) is 24.1 Å². The molecular formula is C17H18Cl2N2O3S. The summed E-state index contributed by atoms with van der Waals surface area (Å²) in [7, 11) is -3.59. The van der Waals surface area contributed by atoms with Crippen LogP contribution in [0, 0.1) is 22.7 Å². The number of carbonyl (C=O) groups is 1. The van der Waals surface area contributed by atoms with E-state index in [4.69, 9.17) is 28.5 Å². The second-order valence-corrected chi connectivity index (χ2v) is 10.5. The van der Waals surface area contributed by atoms with Gasteiger partial charge in [-0.15, -0.1) is 23.2 Å². The monoisotopic (exact) mass is 400 g/mol. The summed E-state index contributed by atoms with van der Waals surface area (Å²) in [4.78, 5) is 14.0. The van der Waals surface area contributed by atoms with E-state index in [0.717, 1.165) is 0 Å². The maximum absolute atomic E-state index is 12.4. The Morgan fingerprint density at radius 3 is 2.56 bits per heavy atom. The third-order valence-electron chi connectivity index (χ3n) is 5.35. The summed E-state index contributed by atoms with van der Waals surface area (Å²) in [6.45, 7) is 2.87. The molecule has 0 N–H and O–H groups in total. The van der Waals surface area contributed by atoms with E-state index in [1.165, 1.54) is 0 Å². The van der Waals surface area contributed by atoms with Crippen LogP contribution in [0.5, 0.6) is 0 Å². The van der Waals surface area contributed by atoms with E-state index in [1.54, 1.807) is 29.2 Å². The van der Waals surface area contributed by atoms with Crippen LogP contribution in [0.3, 0.4) is 0 Å². The van der Waals surface area contributed by atoms with Crippen LogP contribution in [0.25, 0.3) is 0 Å². The van der Waals surface area contributed by atoms with Gasteiger partial charge in [0.15, 0.2) is 9.84 Å². The lowest BCUT2D eigenvalue weighted by molar-refractivity contribution is -0.129. The highest BCUT2D eigenvalue weighted by Gasteiger charge is 2.74. The van der Waals surface area contributed by atoms with Crippen molar-refractivity contribution in [3.05, 3.63) is 35.4 Å². The molecular weight excluding hydrogens is 383 g/mol. The van der Waals surface area contributed by atoms with Crippen molar-refractivity contribution >= 4 is 38.9 Å². The fourth-order valence-corrected chi connectivity index (χ4v) is 5.82. The molecule has 8 heteroatoms. The number of carbonyl (C=O) groups excluding carboxylic acids is 1. The predicted molar refractivity (Wildman–Crippen MR) is 95.9 cm³/mol. The summed E-state index contributed by atoms with van der Waals surface area (Å²) in [5.74, 6) is -1.18. The Morgan fingerprint density at radius 1 is 1.36 bits per heavy atom. The van der Waals surface area contributed by atoms with Crippen LogP contribution in [0.15, 0.2) is 24.3 Å². The smallest absolute Gasteiger partial charge is 0.237 e. The van der Waals surface area contributed by atoms with Crippen molar-refractivity contribution in [2.24, 2.45) is 11.3 Å². The summed E-state index contributed by atoms with van der Waals surface area (Å²) in [6.07, 6.45) is 0.673. The lowest BCUT2D eigenvalue weighted by Gasteiger charge is -2.29. The second-order valence-electron chi connectivity index (χ2n) is 7.02. The molecule has 1 saturated carbocycles. The number of likely N-dealkylation sites (tertiary alicyclic amines) is 1. The molecule has 1 aromatic carbocycles. The average molecular weight is 401 g/mol. The van der Waals surface area contributed by atoms with Gasteiger partial charge >= 0.3 is 0 Å². The molecule has 0 aromatic heterocycles. The van der Waals surface area contributed by atoms with E-state index in [0.29, 0.717) is 30.6 Å². The molecule has 1 heterocycles. The highest BCUT2D eigenvalue weighted by atomic mass is 35.5. The van der Waals surface area contributed by atoms with E-state index in [9.17, 15) is 13.2 Å². The first-order chi connectivity index (χ1) is 11.6. The number of benzene rings is 1. The largest absolute Gasteiger partial charge is 0.341 e. The molecule has 1 aromatic rings. The number of nitrogens with zero attached hydrogens (tertiary/aromatic N) is 2. The third kappa shape index (κ3) is 3.38. The molecule has 0 radical (unpaired) electrons. The number of sulfone groups is 1. The first-order valence-corrected chi connectivity index (χ1v) is 10.5. The lowest BCUT2D eigenvalue weighted by Crippen LogP contribution is -2.41. The van der Waals surface area contributed by atoms with Gasteiger partial charge in [0.1, 0.15) is 10.1 Å². The molecule has 25 heavy (non-hydrogen) atoms. The van der Waals surface area contributed by atoms with Crippen molar-refractivity contribution in [3.8, 4) is 6.07 Å². The molecule has 134 valence electrons. The topological polar surface area (TPSA) is 78.2 Å². The molecule has 1 saturated heterocycles. The number of amides is 1. The molecule has 2 atom stereocenters. The Balaban J connectivity index is 1.61. The van der Waals surface area contributed by atoms with Crippen molar-refractivity contribution in [3.63, 3.8) is 0 Å². The van der Waals surface area contributed by atoms with Crippen LogP contribution in [-0.4, -0.2) is 42.4 Å². The predicted octanol–water partition coefficient (Wildman–Crippen LogP) is 2.52. The zero-order chi connectivity index (χ0) is 18.5. The minimum atomic E-state index is -3.59. The van der Waals surface area contributed by atoms with Crippen molar-refractivity contribution < 1.29 is 13.2 Å². The Bertz CT molecular complexity index is 846. The van der Waals surface area contributed by atoms with Crippen molar-refractivity contribution in [2.45, 2.75) is 23.4 Å². The third-order valence-corrected chi connectivity index (χ3v) is 8.20. The summed E-state index contributed by atoms with van der Waals surface area (Å²) in [6, 6.07) is 8.28. The Kier molecular flexibility index (Phi) is 4.55. The van der Waals surface area contributed by atoms with Gasteiger partial charge in [-0.2, -0.15) is 5.26 Å². The highest BCUT2D eigenvalue weighted by Crippen LogP contribution is 2.72. The summed E-state index contributed by atoms with van der Waals surface area (Å²) in [5, 5.41) is 8.77. The van der Waals surface area contributed by atoms with Gasteiger partial charge in [-0.1, -0.05) is 19.1 Å². The Morgan fingerprint density at radius 2 is 2.00 bits per heavy atom. The second kappa shape index (κ2) is 6.15. The van der Waals surface area contributed by atoms with Gasteiger partial charge in [-0.25, -0.2) is 8.42 Å². The van der Waals surface area contributed by atoms with Crippen LogP contribution >= 0.6 is 23.2 Å². The molecule has 1 aliphatic carbocycles. The molecule has 0 bridgehead atoms. The lowest BCUT2D eigenvalue weighted by atomic mass is 9.98. The number of piperidine rings is 1. The van der Waals surface area contributed by atoms with E-state index < -0.39 is 25.8 Å². The molecule has 2 fully saturated rings. The van der Waals surface area contributed by atoms with Crippen LogP contribution in [0.2, 0.25) is 0 Å². The van der Waals surface area contributed by atoms with Crippen molar-refractivity contribution in [1.29, 1.82) is 5.26 Å². The van der Waals surface area contributed by atoms with E-state index >= 15 is 0 Å². The highest BCUT2D eigenvalue weighted by molar-refractivity contribution is 7.91. The van der Waals surface area contributed by atoms with Crippen LogP contribution in [-0.2, 0) is 20.4 Å². The standard InChI is InChI=1S/C17H18Cl2N2O3S/c1-16-6-7-21(9-14(16)17(16,18)19)15(22)11-25(23,24)10-13-4-2-12(8-20)3-5-13/h2-5,14H,6-7,9-11H2,1H3. The number of nitriles is 1. The normalized spacial score (nSPS) is 27.3. The number of rotatable bonds is 4. The molecule has 5 nitrogen and oxygen atoms in total. The fourth-order valence-electron chi connectivity index (χ4n) is 3.50. The average Bonchev–Trinajstić information content (AvgIpc) is 2.99. The maximum atomic E-state index is 12.4. The van der Waals surface area contributed by atoms with Crippen molar-refractivity contribution in [1.82, 2.24) is 4.90 Å².